The van der Waals surface area contributed by atoms with Crippen LogP contribution >= 0.6 is 23.5 Å². The summed E-state index contributed by atoms with van der Waals surface area (Å²) in [7, 11) is 3.87. The van der Waals surface area contributed by atoms with Crippen molar-refractivity contribution >= 4 is 51.7 Å². The molecule has 40 heavy (non-hydrogen) atoms. The SMILES string of the molecule is CCNc1ccc(C#N)cc1/N=C1/S/C(=C2\Sc3ccc(OCCNC)cc3N2C)C(=O)N1Cc1ccccc1. The van der Waals surface area contributed by atoms with Crippen molar-refractivity contribution in [3.05, 3.63) is 87.8 Å². The van der Waals surface area contributed by atoms with Crippen LogP contribution in [0.15, 0.2) is 86.6 Å². The predicted octanol–water partition coefficient (Wildman–Crippen LogP) is 5.76. The van der Waals surface area contributed by atoms with E-state index < -0.39 is 0 Å². The van der Waals surface area contributed by atoms with Crippen LogP contribution in [0.5, 0.6) is 5.75 Å². The summed E-state index contributed by atoms with van der Waals surface area (Å²) in [6.45, 7) is 4.44. The third-order valence-electron chi connectivity index (χ3n) is 6.38. The average Bonchev–Trinajstić information content (AvgIpc) is 3.45. The molecule has 1 amide bonds. The van der Waals surface area contributed by atoms with Gasteiger partial charge in [0.05, 0.1) is 40.3 Å². The van der Waals surface area contributed by atoms with Crippen LogP contribution in [0.3, 0.4) is 0 Å². The minimum atomic E-state index is -0.0957. The molecule has 2 N–H and O–H groups in total. The molecule has 204 valence electrons. The van der Waals surface area contributed by atoms with Gasteiger partial charge in [0.1, 0.15) is 17.3 Å². The van der Waals surface area contributed by atoms with Crippen molar-refractivity contribution in [3.8, 4) is 11.8 Å². The molecular weight excluding hydrogens is 541 g/mol. The van der Waals surface area contributed by atoms with Gasteiger partial charge in [-0.1, -0.05) is 42.1 Å². The third kappa shape index (κ3) is 5.82. The maximum atomic E-state index is 14.0. The molecule has 0 radical (unpaired) electrons. The number of hydrogen-bond acceptors (Lipinski definition) is 9. The highest BCUT2D eigenvalue weighted by molar-refractivity contribution is 8.19. The van der Waals surface area contributed by atoms with E-state index in [1.807, 2.05) is 75.6 Å². The Balaban J connectivity index is 1.53. The number of hydrogen-bond donors (Lipinski definition) is 2. The molecule has 0 aromatic heterocycles. The van der Waals surface area contributed by atoms with Gasteiger partial charge in [0.15, 0.2) is 5.17 Å². The van der Waals surface area contributed by atoms with Crippen LogP contribution in [-0.2, 0) is 11.3 Å². The van der Waals surface area contributed by atoms with Crippen LogP contribution in [0.4, 0.5) is 17.1 Å². The number of benzene rings is 3. The summed E-state index contributed by atoms with van der Waals surface area (Å²) in [5.74, 6) is 0.695. The molecule has 0 saturated carbocycles. The van der Waals surface area contributed by atoms with Crippen molar-refractivity contribution in [2.75, 3.05) is 44.0 Å². The number of carbonyl (C=O) groups excluding carboxylic acids is 1. The molecule has 0 unspecified atom stereocenters. The number of carbonyl (C=O) groups is 1. The van der Waals surface area contributed by atoms with Crippen molar-refractivity contribution in [2.24, 2.45) is 4.99 Å². The van der Waals surface area contributed by atoms with E-state index in [1.165, 1.54) is 11.8 Å². The molecule has 10 heteroatoms. The zero-order valence-corrected chi connectivity index (χ0v) is 24.2. The Bertz CT molecular complexity index is 1520. The topological polar surface area (TPSA) is 93.0 Å². The maximum absolute atomic E-state index is 14.0. The second kappa shape index (κ2) is 12.5. The highest BCUT2D eigenvalue weighted by atomic mass is 32.2. The summed E-state index contributed by atoms with van der Waals surface area (Å²) in [4.78, 5) is 24.4. The number of anilines is 2. The number of nitrogens with zero attached hydrogens (tertiary/aromatic N) is 4. The Kier molecular flexibility index (Phi) is 8.65. The van der Waals surface area contributed by atoms with Crippen LogP contribution in [-0.4, -0.2) is 49.8 Å². The summed E-state index contributed by atoms with van der Waals surface area (Å²) >= 11 is 2.94. The number of amides is 1. The molecule has 1 fully saturated rings. The molecule has 0 atom stereocenters. The molecule has 5 rings (SSSR count). The molecule has 1 saturated heterocycles. The van der Waals surface area contributed by atoms with E-state index >= 15 is 0 Å². The molecule has 8 nitrogen and oxygen atoms in total. The number of amidine groups is 1. The van der Waals surface area contributed by atoms with E-state index in [-0.39, 0.29) is 5.91 Å². The van der Waals surface area contributed by atoms with Crippen molar-refractivity contribution < 1.29 is 9.53 Å². The summed E-state index contributed by atoms with van der Waals surface area (Å²) < 4.78 is 5.88. The normalized spacial score (nSPS) is 17.4. The number of ether oxygens (including phenoxy) is 1. The fourth-order valence-electron chi connectivity index (χ4n) is 4.35. The number of likely N-dealkylation sites (N-methyl/N-ethyl adjacent to an activating group) is 1. The highest BCUT2D eigenvalue weighted by Crippen LogP contribution is 2.51. The largest absolute Gasteiger partial charge is 0.492 e. The van der Waals surface area contributed by atoms with E-state index in [0.29, 0.717) is 41.0 Å². The van der Waals surface area contributed by atoms with E-state index in [1.54, 1.807) is 28.8 Å². The van der Waals surface area contributed by atoms with Crippen LogP contribution < -0.4 is 20.3 Å². The van der Waals surface area contributed by atoms with E-state index in [9.17, 15) is 10.1 Å². The molecule has 0 bridgehead atoms. The zero-order chi connectivity index (χ0) is 28.1. The Morgan fingerprint density at radius 3 is 2.65 bits per heavy atom. The lowest BCUT2D eigenvalue weighted by atomic mass is 10.2. The van der Waals surface area contributed by atoms with Gasteiger partial charge < -0.3 is 20.3 Å². The summed E-state index contributed by atoms with van der Waals surface area (Å²) in [5, 5.41) is 17.3. The van der Waals surface area contributed by atoms with Gasteiger partial charge in [-0.05, 0) is 61.6 Å². The first kappa shape index (κ1) is 27.6. The van der Waals surface area contributed by atoms with Crippen molar-refractivity contribution in [2.45, 2.75) is 18.4 Å². The predicted molar refractivity (Wildman–Crippen MR) is 164 cm³/mol. The maximum Gasteiger partial charge on any atom is 0.269 e. The van der Waals surface area contributed by atoms with Crippen molar-refractivity contribution in [3.63, 3.8) is 0 Å². The number of nitrogens with one attached hydrogen (secondary N) is 2. The van der Waals surface area contributed by atoms with E-state index in [0.717, 1.165) is 39.2 Å². The Hall–Kier alpha value is -3.91. The number of rotatable bonds is 9. The number of aliphatic imine (C=N–C) groups is 1. The van der Waals surface area contributed by atoms with Crippen molar-refractivity contribution in [1.29, 1.82) is 5.26 Å². The van der Waals surface area contributed by atoms with Crippen LogP contribution in [0.25, 0.3) is 0 Å². The average molecular weight is 571 g/mol. The van der Waals surface area contributed by atoms with Gasteiger partial charge in [0, 0.05) is 31.1 Å². The number of nitriles is 1. The Labute approximate surface area is 243 Å². The number of fused-ring (bicyclic) bond motifs is 1. The summed E-state index contributed by atoms with van der Waals surface area (Å²) in [6.07, 6.45) is 0. The molecule has 2 aliphatic heterocycles. The lowest BCUT2D eigenvalue weighted by Crippen LogP contribution is -2.29. The van der Waals surface area contributed by atoms with Crippen LogP contribution in [0.2, 0.25) is 0 Å². The van der Waals surface area contributed by atoms with Gasteiger partial charge in [-0.15, -0.1) is 0 Å². The lowest BCUT2D eigenvalue weighted by Gasteiger charge is -2.17. The van der Waals surface area contributed by atoms with Gasteiger partial charge in [-0.2, -0.15) is 5.26 Å². The monoisotopic (exact) mass is 570 g/mol. The molecule has 3 aromatic rings. The van der Waals surface area contributed by atoms with Gasteiger partial charge in [-0.25, -0.2) is 4.99 Å². The minimum absolute atomic E-state index is 0.0957. The van der Waals surface area contributed by atoms with Gasteiger partial charge >= 0.3 is 0 Å². The van der Waals surface area contributed by atoms with E-state index in [4.69, 9.17) is 9.73 Å². The molecule has 3 aromatic carbocycles. The molecule has 0 aliphatic carbocycles. The Morgan fingerprint density at radius 2 is 1.90 bits per heavy atom. The smallest absolute Gasteiger partial charge is 0.269 e. The fraction of sp³-hybridized carbons (Fsp3) is 0.233. The highest BCUT2D eigenvalue weighted by Gasteiger charge is 2.39. The van der Waals surface area contributed by atoms with Gasteiger partial charge in [0.25, 0.3) is 5.91 Å². The third-order valence-corrected chi connectivity index (χ3v) is 8.81. The minimum Gasteiger partial charge on any atom is -0.492 e. The quantitative estimate of drug-likeness (QED) is 0.248. The first-order valence-corrected chi connectivity index (χ1v) is 14.6. The summed E-state index contributed by atoms with van der Waals surface area (Å²) in [5.41, 5.74) is 3.96. The zero-order valence-electron chi connectivity index (χ0n) is 22.6. The molecule has 0 spiro atoms. The fourth-order valence-corrected chi connectivity index (χ4v) is 6.66. The lowest BCUT2D eigenvalue weighted by molar-refractivity contribution is -0.122. The second-order valence-corrected chi connectivity index (χ2v) is 11.1. The van der Waals surface area contributed by atoms with Gasteiger partial charge in [-0.3, -0.25) is 9.69 Å². The Morgan fingerprint density at radius 1 is 1.07 bits per heavy atom. The van der Waals surface area contributed by atoms with E-state index in [2.05, 4.69) is 21.6 Å². The second-order valence-electron chi connectivity index (χ2n) is 9.12. The molecule has 2 aliphatic rings. The molecule has 2 heterocycles. The molecular formula is C30H30N6O2S2. The van der Waals surface area contributed by atoms with Crippen LogP contribution in [0, 0.1) is 11.3 Å². The summed E-state index contributed by atoms with van der Waals surface area (Å²) in [6, 6.07) is 23.5. The first-order valence-electron chi connectivity index (χ1n) is 13.0. The first-order chi connectivity index (χ1) is 19.5. The van der Waals surface area contributed by atoms with Gasteiger partial charge in [0.2, 0.25) is 0 Å². The standard InChI is InChI=1S/C30H30N6O2S2/c1-4-33-23-12-10-21(18-31)16-24(23)34-30-36(19-20-8-6-5-7-9-20)28(37)27(40-30)29-35(3)25-17-22(38-15-14-32-2)11-13-26(25)39-29/h5-13,16-17,32-33H,4,14-15,19H2,1-3H3/b29-27-,34-30+. The van der Waals surface area contributed by atoms with Crippen molar-refractivity contribution in [1.82, 2.24) is 10.2 Å². The number of thioether (sulfide) groups is 2. The van der Waals surface area contributed by atoms with Crippen LogP contribution in [0.1, 0.15) is 18.1 Å².